The quantitative estimate of drug-likeness (QED) is 0.901. The monoisotopic (exact) mass is 248 g/mol. The smallest absolute Gasteiger partial charge is 0.140 e. The zero-order valence-corrected chi connectivity index (χ0v) is 10.7. The second kappa shape index (κ2) is 4.23. The standard InChI is InChI=1S/C12H16N4S/c1-16(6-8-4-9(13)5-8)11-10-2-3-17-12(10)15-7-14-11/h2-3,7-9H,4-6,13H2,1H3. The summed E-state index contributed by atoms with van der Waals surface area (Å²) >= 11 is 1.66. The van der Waals surface area contributed by atoms with Crippen LogP contribution in [0.2, 0.25) is 0 Å². The van der Waals surface area contributed by atoms with Gasteiger partial charge in [0, 0.05) is 19.6 Å². The van der Waals surface area contributed by atoms with Gasteiger partial charge in [0.1, 0.15) is 17.0 Å². The lowest BCUT2D eigenvalue weighted by atomic mass is 9.80. The number of rotatable bonds is 3. The van der Waals surface area contributed by atoms with Gasteiger partial charge in [0.05, 0.1) is 5.39 Å². The van der Waals surface area contributed by atoms with Gasteiger partial charge in [-0.25, -0.2) is 9.97 Å². The van der Waals surface area contributed by atoms with Crippen molar-refractivity contribution in [1.82, 2.24) is 9.97 Å². The molecule has 1 saturated carbocycles. The largest absolute Gasteiger partial charge is 0.359 e. The molecule has 4 nitrogen and oxygen atoms in total. The van der Waals surface area contributed by atoms with E-state index in [1.54, 1.807) is 17.7 Å². The van der Waals surface area contributed by atoms with Crippen LogP contribution in [-0.2, 0) is 0 Å². The van der Waals surface area contributed by atoms with Crippen molar-refractivity contribution in [2.45, 2.75) is 18.9 Å². The first kappa shape index (κ1) is 10.9. The Morgan fingerprint density at radius 1 is 1.47 bits per heavy atom. The van der Waals surface area contributed by atoms with Crippen LogP contribution in [0.25, 0.3) is 10.2 Å². The van der Waals surface area contributed by atoms with E-state index >= 15 is 0 Å². The van der Waals surface area contributed by atoms with Crippen molar-refractivity contribution in [3.8, 4) is 0 Å². The van der Waals surface area contributed by atoms with Gasteiger partial charge in [0.2, 0.25) is 0 Å². The van der Waals surface area contributed by atoms with Gasteiger partial charge in [-0.2, -0.15) is 0 Å². The highest BCUT2D eigenvalue weighted by atomic mass is 32.1. The molecular formula is C12H16N4S. The van der Waals surface area contributed by atoms with Crippen LogP contribution in [0.4, 0.5) is 5.82 Å². The molecule has 0 atom stereocenters. The highest BCUT2D eigenvalue weighted by Gasteiger charge is 2.27. The van der Waals surface area contributed by atoms with Gasteiger partial charge in [-0.15, -0.1) is 11.3 Å². The van der Waals surface area contributed by atoms with Gasteiger partial charge >= 0.3 is 0 Å². The summed E-state index contributed by atoms with van der Waals surface area (Å²) in [6, 6.07) is 2.51. The number of aromatic nitrogens is 2. The maximum atomic E-state index is 5.81. The number of thiophene rings is 1. The SMILES string of the molecule is CN(CC1CC(N)C1)c1ncnc2sccc12. The van der Waals surface area contributed by atoms with Crippen molar-refractivity contribution in [3.05, 3.63) is 17.8 Å². The fourth-order valence-corrected chi connectivity index (χ4v) is 3.22. The first-order valence-electron chi connectivity index (χ1n) is 5.89. The molecule has 0 aliphatic heterocycles. The number of hydrogen-bond acceptors (Lipinski definition) is 5. The Labute approximate surface area is 104 Å². The van der Waals surface area contributed by atoms with E-state index in [4.69, 9.17) is 5.73 Å². The van der Waals surface area contributed by atoms with Crippen molar-refractivity contribution in [1.29, 1.82) is 0 Å². The lowest BCUT2D eigenvalue weighted by Gasteiger charge is -2.35. The van der Waals surface area contributed by atoms with E-state index in [0.29, 0.717) is 6.04 Å². The molecule has 1 fully saturated rings. The van der Waals surface area contributed by atoms with E-state index in [1.165, 1.54) is 0 Å². The number of hydrogen-bond donors (Lipinski definition) is 1. The Kier molecular flexibility index (Phi) is 2.72. The van der Waals surface area contributed by atoms with Crippen molar-refractivity contribution in [3.63, 3.8) is 0 Å². The number of nitrogens with zero attached hydrogens (tertiary/aromatic N) is 3. The molecule has 0 aromatic carbocycles. The molecule has 2 aromatic heterocycles. The molecule has 5 heteroatoms. The Morgan fingerprint density at radius 3 is 3.06 bits per heavy atom. The van der Waals surface area contributed by atoms with Crippen LogP contribution < -0.4 is 10.6 Å². The summed E-state index contributed by atoms with van der Waals surface area (Å²) in [4.78, 5) is 12.0. The molecule has 0 radical (unpaired) electrons. The van der Waals surface area contributed by atoms with Gasteiger partial charge in [-0.1, -0.05) is 0 Å². The molecule has 2 N–H and O–H groups in total. The molecular weight excluding hydrogens is 232 g/mol. The molecule has 1 aliphatic rings. The second-order valence-electron chi connectivity index (χ2n) is 4.81. The average molecular weight is 248 g/mol. The molecule has 0 amide bonds. The zero-order chi connectivity index (χ0) is 11.8. The van der Waals surface area contributed by atoms with E-state index in [9.17, 15) is 0 Å². The highest BCUT2D eigenvalue weighted by molar-refractivity contribution is 7.16. The molecule has 0 unspecified atom stereocenters. The summed E-state index contributed by atoms with van der Waals surface area (Å²) in [6.45, 7) is 1.04. The van der Waals surface area contributed by atoms with Gasteiger partial charge < -0.3 is 10.6 Å². The zero-order valence-electron chi connectivity index (χ0n) is 9.84. The molecule has 0 bridgehead atoms. The van der Waals surface area contributed by atoms with Crippen molar-refractivity contribution >= 4 is 27.4 Å². The van der Waals surface area contributed by atoms with Crippen molar-refractivity contribution in [2.24, 2.45) is 11.7 Å². The van der Waals surface area contributed by atoms with Crippen LogP contribution in [0.5, 0.6) is 0 Å². The molecule has 0 spiro atoms. The summed E-state index contributed by atoms with van der Waals surface area (Å²) in [5.74, 6) is 1.76. The van der Waals surface area contributed by atoms with E-state index in [0.717, 1.165) is 41.3 Å². The molecule has 2 aromatic rings. The first-order valence-corrected chi connectivity index (χ1v) is 6.77. The number of anilines is 1. The first-order chi connectivity index (χ1) is 8.24. The molecule has 0 saturated heterocycles. The fourth-order valence-electron chi connectivity index (χ4n) is 2.49. The molecule has 3 rings (SSSR count). The maximum Gasteiger partial charge on any atom is 0.140 e. The van der Waals surface area contributed by atoms with Crippen LogP contribution in [0.3, 0.4) is 0 Å². The summed E-state index contributed by atoms with van der Waals surface area (Å²) in [7, 11) is 2.10. The number of nitrogens with two attached hydrogens (primary N) is 1. The minimum Gasteiger partial charge on any atom is -0.359 e. The van der Waals surface area contributed by atoms with E-state index in [-0.39, 0.29) is 0 Å². The number of fused-ring (bicyclic) bond motifs is 1. The Morgan fingerprint density at radius 2 is 2.29 bits per heavy atom. The van der Waals surface area contributed by atoms with Crippen LogP contribution in [0.1, 0.15) is 12.8 Å². The molecule has 1 aliphatic carbocycles. The van der Waals surface area contributed by atoms with Gasteiger partial charge in [-0.05, 0) is 30.2 Å². The maximum absolute atomic E-state index is 5.81. The molecule has 2 heterocycles. The minimum atomic E-state index is 0.417. The average Bonchev–Trinajstić information content (AvgIpc) is 2.74. The minimum absolute atomic E-state index is 0.417. The molecule has 90 valence electrons. The van der Waals surface area contributed by atoms with Crippen LogP contribution in [-0.4, -0.2) is 29.6 Å². The Balaban J connectivity index is 1.80. The lowest BCUT2D eigenvalue weighted by molar-refractivity contribution is 0.271. The van der Waals surface area contributed by atoms with Crippen LogP contribution in [0, 0.1) is 5.92 Å². The van der Waals surface area contributed by atoms with Crippen molar-refractivity contribution < 1.29 is 0 Å². The third-order valence-electron chi connectivity index (χ3n) is 3.41. The Hall–Kier alpha value is -1.20. The third kappa shape index (κ3) is 2.00. The summed E-state index contributed by atoms with van der Waals surface area (Å²) in [6.07, 6.45) is 3.93. The lowest BCUT2D eigenvalue weighted by Crippen LogP contribution is -2.42. The highest BCUT2D eigenvalue weighted by Crippen LogP contribution is 2.30. The van der Waals surface area contributed by atoms with Crippen molar-refractivity contribution in [2.75, 3.05) is 18.5 Å². The fraction of sp³-hybridized carbons (Fsp3) is 0.500. The van der Waals surface area contributed by atoms with Crippen LogP contribution in [0.15, 0.2) is 17.8 Å². The Bertz CT molecular complexity index is 518. The predicted molar refractivity (Wildman–Crippen MR) is 71.4 cm³/mol. The summed E-state index contributed by atoms with van der Waals surface area (Å²) in [5.41, 5.74) is 5.81. The van der Waals surface area contributed by atoms with E-state index < -0.39 is 0 Å². The van der Waals surface area contributed by atoms with Crippen LogP contribution >= 0.6 is 11.3 Å². The van der Waals surface area contributed by atoms with E-state index in [2.05, 4.69) is 33.4 Å². The predicted octanol–water partition coefficient (Wildman–Crippen LogP) is 1.86. The normalized spacial score (nSPS) is 23.6. The van der Waals surface area contributed by atoms with Gasteiger partial charge in [0.15, 0.2) is 0 Å². The summed E-state index contributed by atoms with van der Waals surface area (Å²) in [5, 5.41) is 3.22. The third-order valence-corrected chi connectivity index (χ3v) is 4.23. The van der Waals surface area contributed by atoms with Gasteiger partial charge in [-0.3, -0.25) is 0 Å². The summed E-state index contributed by atoms with van der Waals surface area (Å²) < 4.78 is 0. The topological polar surface area (TPSA) is 55.0 Å². The second-order valence-corrected chi connectivity index (χ2v) is 5.71. The van der Waals surface area contributed by atoms with E-state index in [1.807, 2.05) is 0 Å². The molecule has 17 heavy (non-hydrogen) atoms. The van der Waals surface area contributed by atoms with Gasteiger partial charge in [0.25, 0.3) is 0 Å².